The summed E-state index contributed by atoms with van der Waals surface area (Å²) in [5.74, 6) is -1.68. The summed E-state index contributed by atoms with van der Waals surface area (Å²) < 4.78 is 18.9. The third-order valence-electron chi connectivity index (χ3n) is 2.84. The Labute approximate surface area is 114 Å². The van der Waals surface area contributed by atoms with Crippen LogP contribution in [-0.2, 0) is 0 Å². The maximum absolute atomic E-state index is 13.7. The molecule has 2 aromatic carbocycles. The molecular weight excluding hydrogens is 261 g/mol. The topological polar surface area (TPSA) is 70.3 Å². The molecule has 0 fully saturated rings. The van der Waals surface area contributed by atoms with Gasteiger partial charge in [0.2, 0.25) is 0 Å². The second-order valence-electron chi connectivity index (χ2n) is 4.03. The zero-order valence-corrected chi connectivity index (χ0v) is 10.6. The quantitative estimate of drug-likeness (QED) is 0.931. The van der Waals surface area contributed by atoms with Crippen molar-refractivity contribution in [1.82, 2.24) is 0 Å². The van der Waals surface area contributed by atoms with Crippen LogP contribution in [0, 0.1) is 17.1 Å². The molecule has 2 aromatic rings. The highest BCUT2D eigenvalue weighted by Crippen LogP contribution is 2.31. The summed E-state index contributed by atoms with van der Waals surface area (Å²) in [6.07, 6.45) is 0. The molecule has 0 unspecified atom stereocenters. The number of nitrogens with zero attached hydrogens (tertiary/aromatic N) is 1. The number of nitriles is 1. The number of ether oxygens (including phenoxy) is 1. The number of carboxylic acids is 1. The van der Waals surface area contributed by atoms with E-state index < -0.39 is 17.3 Å². The van der Waals surface area contributed by atoms with Crippen LogP contribution in [0.1, 0.15) is 15.9 Å². The summed E-state index contributed by atoms with van der Waals surface area (Å²) in [5, 5.41) is 17.7. The molecule has 0 amide bonds. The molecule has 0 atom stereocenters. The molecule has 0 aliphatic carbocycles. The number of carboxylic acid groups (broad SMARTS) is 1. The van der Waals surface area contributed by atoms with Crippen LogP contribution in [0.4, 0.5) is 4.39 Å². The summed E-state index contributed by atoms with van der Waals surface area (Å²) in [5.41, 5.74) is 0.983. The van der Waals surface area contributed by atoms with Crippen LogP contribution in [-0.4, -0.2) is 18.2 Å². The lowest BCUT2D eigenvalue weighted by atomic mass is 10.0. The van der Waals surface area contributed by atoms with Crippen LogP contribution in [0.2, 0.25) is 0 Å². The highest BCUT2D eigenvalue weighted by Gasteiger charge is 2.13. The van der Waals surface area contributed by atoms with Gasteiger partial charge in [-0.1, -0.05) is 6.07 Å². The Bertz CT molecular complexity index is 720. The van der Waals surface area contributed by atoms with Crippen molar-refractivity contribution in [3.63, 3.8) is 0 Å². The molecule has 0 radical (unpaired) electrons. The summed E-state index contributed by atoms with van der Waals surface area (Å²) in [7, 11) is 1.47. The summed E-state index contributed by atoms with van der Waals surface area (Å²) in [6, 6.07) is 10.5. The number of carbonyl (C=O) groups is 1. The Balaban J connectivity index is 2.59. The van der Waals surface area contributed by atoms with Gasteiger partial charge in [-0.25, -0.2) is 9.18 Å². The first kappa shape index (κ1) is 13.6. The summed E-state index contributed by atoms with van der Waals surface area (Å²) in [4.78, 5) is 10.8. The van der Waals surface area contributed by atoms with Crippen molar-refractivity contribution in [2.75, 3.05) is 7.11 Å². The molecular formula is C15H10FNO3. The van der Waals surface area contributed by atoms with Crippen LogP contribution in [0.5, 0.6) is 5.75 Å². The molecule has 0 aliphatic heterocycles. The number of hydrogen-bond donors (Lipinski definition) is 1. The minimum atomic E-state index is -1.33. The van der Waals surface area contributed by atoms with Crippen molar-refractivity contribution >= 4 is 5.97 Å². The minimum absolute atomic E-state index is 0.399. The minimum Gasteiger partial charge on any atom is -0.496 e. The molecule has 0 spiro atoms. The zero-order valence-electron chi connectivity index (χ0n) is 10.6. The molecule has 0 saturated carbocycles. The lowest BCUT2D eigenvalue weighted by Crippen LogP contribution is -2.00. The molecule has 0 heterocycles. The second kappa shape index (κ2) is 5.41. The predicted molar refractivity (Wildman–Crippen MR) is 70.1 cm³/mol. The third-order valence-corrected chi connectivity index (χ3v) is 2.84. The fraction of sp³-hybridized carbons (Fsp3) is 0.0667. The van der Waals surface area contributed by atoms with Gasteiger partial charge in [0, 0.05) is 5.56 Å². The van der Waals surface area contributed by atoms with Gasteiger partial charge in [0.1, 0.15) is 11.6 Å². The van der Waals surface area contributed by atoms with Crippen molar-refractivity contribution in [2.24, 2.45) is 0 Å². The van der Waals surface area contributed by atoms with E-state index in [4.69, 9.17) is 15.1 Å². The smallest absolute Gasteiger partial charge is 0.338 e. The first-order chi connectivity index (χ1) is 9.56. The number of rotatable bonds is 3. The molecule has 4 nitrogen and oxygen atoms in total. The lowest BCUT2D eigenvalue weighted by Gasteiger charge is -2.09. The van der Waals surface area contributed by atoms with Crippen LogP contribution in [0.15, 0.2) is 36.4 Å². The first-order valence-corrected chi connectivity index (χ1v) is 5.68. The van der Waals surface area contributed by atoms with Crippen LogP contribution in [0.3, 0.4) is 0 Å². The van der Waals surface area contributed by atoms with E-state index in [2.05, 4.69) is 0 Å². The number of methoxy groups -OCH3 is 1. The van der Waals surface area contributed by atoms with E-state index in [0.717, 1.165) is 6.07 Å². The highest BCUT2D eigenvalue weighted by molar-refractivity contribution is 5.89. The van der Waals surface area contributed by atoms with Gasteiger partial charge in [-0.3, -0.25) is 0 Å². The van der Waals surface area contributed by atoms with Gasteiger partial charge in [0.25, 0.3) is 0 Å². The first-order valence-electron chi connectivity index (χ1n) is 5.68. The second-order valence-corrected chi connectivity index (χ2v) is 4.03. The van der Waals surface area contributed by atoms with E-state index in [1.54, 1.807) is 18.2 Å². The Hall–Kier alpha value is -2.87. The Morgan fingerprint density at radius 3 is 2.60 bits per heavy atom. The fourth-order valence-electron chi connectivity index (χ4n) is 1.86. The SMILES string of the molecule is COc1ccc(C#N)cc1-c1ccc(C(=O)O)c(F)c1. The number of aromatic carboxylic acids is 1. The van der Waals surface area contributed by atoms with Crippen molar-refractivity contribution in [3.05, 3.63) is 53.3 Å². The largest absolute Gasteiger partial charge is 0.496 e. The van der Waals surface area contributed by atoms with E-state index in [1.807, 2.05) is 6.07 Å². The average molecular weight is 271 g/mol. The van der Waals surface area contributed by atoms with Crippen molar-refractivity contribution < 1.29 is 19.0 Å². The number of halogens is 1. The Morgan fingerprint density at radius 1 is 1.30 bits per heavy atom. The zero-order chi connectivity index (χ0) is 14.7. The molecule has 1 N–H and O–H groups in total. The average Bonchev–Trinajstić information content (AvgIpc) is 2.46. The molecule has 0 aliphatic rings. The number of hydrogen-bond acceptors (Lipinski definition) is 3. The maximum Gasteiger partial charge on any atom is 0.338 e. The lowest BCUT2D eigenvalue weighted by molar-refractivity contribution is 0.0692. The standard InChI is InChI=1S/C15H10FNO3/c1-20-14-5-2-9(8-17)6-12(14)10-3-4-11(15(18)19)13(16)7-10/h2-7H,1H3,(H,18,19). The van der Waals surface area contributed by atoms with Gasteiger partial charge in [-0.2, -0.15) is 5.26 Å². The van der Waals surface area contributed by atoms with Crippen molar-refractivity contribution in [2.45, 2.75) is 0 Å². The van der Waals surface area contributed by atoms with Gasteiger partial charge in [-0.05, 0) is 35.9 Å². The van der Waals surface area contributed by atoms with Gasteiger partial charge >= 0.3 is 5.97 Å². The number of benzene rings is 2. The third kappa shape index (κ3) is 2.45. The normalized spacial score (nSPS) is 9.85. The van der Waals surface area contributed by atoms with Crippen LogP contribution >= 0.6 is 0 Å². The van der Waals surface area contributed by atoms with E-state index in [1.165, 1.54) is 19.2 Å². The molecule has 2 rings (SSSR count). The monoisotopic (exact) mass is 271 g/mol. The van der Waals surface area contributed by atoms with E-state index in [9.17, 15) is 9.18 Å². The molecule has 0 aromatic heterocycles. The van der Waals surface area contributed by atoms with Crippen LogP contribution < -0.4 is 4.74 Å². The van der Waals surface area contributed by atoms with Gasteiger partial charge in [-0.15, -0.1) is 0 Å². The fourth-order valence-corrected chi connectivity index (χ4v) is 1.86. The Morgan fingerprint density at radius 2 is 2.05 bits per heavy atom. The predicted octanol–water partition coefficient (Wildman–Crippen LogP) is 3.07. The highest BCUT2D eigenvalue weighted by atomic mass is 19.1. The van der Waals surface area contributed by atoms with Gasteiger partial charge in [0.15, 0.2) is 0 Å². The molecule has 100 valence electrons. The van der Waals surface area contributed by atoms with Crippen molar-refractivity contribution in [1.29, 1.82) is 5.26 Å². The molecule has 5 heteroatoms. The van der Waals surface area contributed by atoms with Crippen molar-refractivity contribution in [3.8, 4) is 22.9 Å². The maximum atomic E-state index is 13.7. The molecule has 0 bridgehead atoms. The summed E-state index contributed by atoms with van der Waals surface area (Å²) >= 11 is 0. The summed E-state index contributed by atoms with van der Waals surface area (Å²) in [6.45, 7) is 0. The van der Waals surface area contributed by atoms with Gasteiger partial charge in [0.05, 0.1) is 24.3 Å². The van der Waals surface area contributed by atoms with E-state index >= 15 is 0 Å². The van der Waals surface area contributed by atoms with Gasteiger partial charge < -0.3 is 9.84 Å². The molecule has 20 heavy (non-hydrogen) atoms. The van der Waals surface area contributed by atoms with Crippen LogP contribution in [0.25, 0.3) is 11.1 Å². The van der Waals surface area contributed by atoms with E-state index in [0.29, 0.717) is 22.4 Å². The molecule has 0 saturated heterocycles. The van der Waals surface area contributed by atoms with E-state index in [-0.39, 0.29) is 0 Å². The Kier molecular flexibility index (Phi) is 3.67.